The van der Waals surface area contributed by atoms with E-state index in [1.165, 1.54) is 0 Å². The highest BCUT2D eigenvalue weighted by Crippen LogP contribution is 2.22. The largest absolute Gasteiger partial charge is 0.329 e. The molecule has 0 saturated carbocycles. The SMILES string of the molecule is NCCNCc1c(F)ccc(F)c1Cl. The monoisotopic (exact) mass is 220 g/mol. The van der Waals surface area contributed by atoms with Gasteiger partial charge in [-0.2, -0.15) is 0 Å². The lowest BCUT2D eigenvalue weighted by molar-refractivity contribution is 0.570. The van der Waals surface area contributed by atoms with Crippen molar-refractivity contribution in [2.45, 2.75) is 6.54 Å². The summed E-state index contributed by atoms with van der Waals surface area (Å²) in [4.78, 5) is 0. The number of nitrogens with one attached hydrogen (secondary N) is 1. The van der Waals surface area contributed by atoms with E-state index in [0.717, 1.165) is 12.1 Å². The van der Waals surface area contributed by atoms with Gasteiger partial charge in [-0.3, -0.25) is 0 Å². The Kier molecular flexibility index (Phi) is 4.25. The zero-order valence-corrected chi connectivity index (χ0v) is 8.24. The van der Waals surface area contributed by atoms with Crippen LogP contribution in [0, 0.1) is 11.6 Å². The Morgan fingerprint density at radius 1 is 1.29 bits per heavy atom. The lowest BCUT2D eigenvalue weighted by Crippen LogP contribution is -2.22. The highest BCUT2D eigenvalue weighted by atomic mass is 35.5. The number of rotatable bonds is 4. The van der Waals surface area contributed by atoms with E-state index in [2.05, 4.69) is 5.32 Å². The zero-order valence-electron chi connectivity index (χ0n) is 7.49. The number of halogens is 3. The van der Waals surface area contributed by atoms with Gasteiger partial charge in [-0.15, -0.1) is 0 Å². The van der Waals surface area contributed by atoms with Gasteiger partial charge < -0.3 is 11.1 Å². The molecule has 0 spiro atoms. The fourth-order valence-corrected chi connectivity index (χ4v) is 1.27. The molecule has 78 valence electrons. The molecule has 0 unspecified atom stereocenters. The second kappa shape index (κ2) is 5.24. The smallest absolute Gasteiger partial charge is 0.142 e. The van der Waals surface area contributed by atoms with Gasteiger partial charge in [0.15, 0.2) is 0 Å². The molecule has 0 saturated heterocycles. The Balaban J connectivity index is 2.79. The molecular weight excluding hydrogens is 210 g/mol. The quantitative estimate of drug-likeness (QED) is 0.598. The normalized spacial score (nSPS) is 10.6. The van der Waals surface area contributed by atoms with Gasteiger partial charge in [-0.05, 0) is 12.1 Å². The minimum atomic E-state index is -0.613. The molecule has 14 heavy (non-hydrogen) atoms. The van der Waals surface area contributed by atoms with Gasteiger partial charge in [-0.1, -0.05) is 11.6 Å². The van der Waals surface area contributed by atoms with Gasteiger partial charge in [0.2, 0.25) is 0 Å². The van der Waals surface area contributed by atoms with Crippen LogP contribution in [-0.2, 0) is 6.54 Å². The van der Waals surface area contributed by atoms with Crippen LogP contribution in [0.1, 0.15) is 5.56 Å². The van der Waals surface area contributed by atoms with Crippen molar-refractivity contribution in [1.29, 1.82) is 0 Å². The van der Waals surface area contributed by atoms with E-state index in [1.807, 2.05) is 0 Å². The van der Waals surface area contributed by atoms with E-state index in [1.54, 1.807) is 0 Å². The Morgan fingerprint density at radius 2 is 1.93 bits per heavy atom. The molecule has 3 N–H and O–H groups in total. The summed E-state index contributed by atoms with van der Waals surface area (Å²) in [7, 11) is 0. The van der Waals surface area contributed by atoms with Crippen molar-refractivity contribution < 1.29 is 8.78 Å². The third kappa shape index (κ3) is 2.64. The minimum absolute atomic E-state index is 0.139. The maximum Gasteiger partial charge on any atom is 0.142 e. The maximum atomic E-state index is 13.1. The summed E-state index contributed by atoms with van der Waals surface area (Å²) in [6, 6.07) is 2.06. The van der Waals surface area contributed by atoms with E-state index in [0.29, 0.717) is 13.1 Å². The van der Waals surface area contributed by atoms with Crippen LogP contribution in [0.15, 0.2) is 12.1 Å². The molecule has 0 bridgehead atoms. The Labute approximate surface area is 86.1 Å². The maximum absolute atomic E-state index is 13.1. The molecule has 1 rings (SSSR count). The van der Waals surface area contributed by atoms with Gasteiger partial charge >= 0.3 is 0 Å². The number of benzene rings is 1. The van der Waals surface area contributed by atoms with Crippen molar-refractivity contribution in [3.05, 3.63) is 34.4 Å². The zero-order chi connectivity index (χ0) is 10.6. The van der Waals surface area contributed by atoms with E-state index < -0.39 is 11.6 Å². The molecule has 0 aliphatic heterocycles. The van der Waals surface area contributed by atoms with Crippen molar-refractivity contribution in [2.24, 2.45) is 5.73 Å². The standard InChI is InChI=1S/C9H11ClF2N2/c10-9-6(5-14-4-3-13)7(11)1-2-8(9)12/h1-2,14H,3-5,13H2. The minimum Gasteiger partial charge on any atom is -0.329 e. The summed E-state index contributed by atoms with van der Waals surface area (Å²) < 4.78 is 26.1. The second-order valence-corrected chi connectivity index (χ2v) is 3.17. The van der Waals surface area contributed by atoms with Gasteiger partial charge in [-0.25, -0.2) is 8.78 Å². The van der Waals surface area contributed by atoms with Crippen LogP contribution >= 0.6 is 11.6 Å². The fourth-order valence-electron chi connectivity index (χ4n) is 1.05. The Hall–Kier alpha value is -0.710. The average Bonchev–Trinajstić information content (AvgIpc) is 2.18. The molecular formula is C9H11ClF2N2. The summed E-state index contributed by atoms with van der Waals surface area (Å²) in [6.45, 7) is 1.15. The summed E-state index contributed by atoms with van der Waals surface area (Å²) >= 11 is 5.59. The molecule has 1 aromatic carbocycles. The van der Waals surface area contributed by atoms with Crippen LogP contribution in [-0.4, -0.2) is 13.1 Å². The molecule has 0 heterocycles. The van der Waals surface area contributed by atoms with Gasteiger partial charge in [0.25, 0.3) is 0 Å². The first kappa shape index (κ1) is 11.4. The number of hydrogen-bond acceptors (Lipinski definition) is 2. The summed E-state index contributed by atoms with van der Waals surface area (Å²) in [6.07, 6.45) is 0. The number of hydrogen-bond donors (Lipinski definition) is 2. The third-order valence-electron chi connectivity index (χ3n) is 1.76. The first-order valence-corrected chi connectivity index (χ1v) is 4.57. The molecule has 2 nitrogen and oxygen atoms in total. The van der Waals surface area contributed by atoms with Crippen LogP contribution in [0.2, 0.25) is 5.02 Å². The summed E-state index contributed by atoms with van der Waals surface area (Å²) in [5.41, 5.74) is 5.37. The van der Waals surface area contributed by atoms with Crippen molar-refractivity contribution in [1.82, 2.24) is 5.32 Å². The van der Waals surface area contributed by atoms with Crippen LogP contribution in [0.4, 0.5) is 8.78 Å². The topological polar surface area (TPSA) is 38.0 Å². The predicted molar refractivity (Wildman–Crippen MR) is 52.1 cm³/mol. The van der Waals surface area contributed by atoms with Crippen LogP contribution in [0.25, 0.3) is 0 Å². The van der Waals surface area contributed by atoms with Crippen molar-refractivity contribution in [3.63, 3.8) is 0 Å². The summed E-state index contributed by atoms with van der Waals surface area (Å²) in [5, 5.41) is 2.67. The summed E-state index contributed by atoms with van der Waals surface area (Å²) in [5.74, 6) is -1.13. The van der Waals surface area contributed by atoms with Crippen molar-refractivity contribution in [3.8, 4) is 0 Å². The molecule has 0 amide bonds. The highest BCUT2D eigenvalue weighted by Gasteiger charge is 2.10. The molecule has 0 radical (unpaired) electrons. The number of nitrogens with two attached hydrogens (primary N) is 1. The average molecular weight is 221 g/mol. The Morgan fingerprint density at radius 3 is 2.57 bits per heavy atom. The van der Waals surface area contributed by atoms with E-state index in [-0.39, 0.29) is 17.1 Å². The lowest BCUT2D eigenvalue weighted by atomic mass is 10.2. The fraction of sp³-hybridized carbons (Fsp3) is 0.333. The van der Waals surface area contributed by atoms with Gasteiger partial charge in [0.1, 0.15) is 11.6 Å². The van der Waals surface area contributed by atoms with Crippen LogP contribution in [0.3, 0.4) is 0 Å². The van der Waals surface area contributed by atoms with E-state index in [4.69, 9.17) is 17.3 Å². The second-order valence-electron chi connectivity index (χ2n) is 2.79. The van der Waals surface area contributed by atoms with Gasteiger partial charge in [0, 0.05) is 25.2 Å². The lowest BCUT2D eigenvalue weighted by Gasteiger charge is -2.07. The van der Waals surface area contributed by atoms with Gasteiger partial charge in [0.05, 0.1) is 5.02 Å². The van der Waals surface area contributed by atoms with Crippen molar-refractivity contribution in [2.75, 3.05) is 13.1 Å². The molecule has 1 aromatic rings. The van der Waals surface area contributed by atoms with Crippen LogP contribution < -0.4 is 11.1 Å². The molecule has 0 aromatic heterocycles. The first-order valence-electron chi connectivity index (χ1n) is 4.20. The predicted octanol–water partition coefficient (Wildman–Crippen LogP) is 1.67. The van der Waals surface area contributed by atoms with Crippen molar-refractivity contribution >= 4 is 11.6 Å². The molecule has 5 heteroatoms. The highest BCUT2D eigenvalue weighted by molar-refractivity contribution is 6.31. The molecule has 0 aliphatic carbocycles. The third-order valence-corrected chi connectivity index (χ3v) is 2.17. The Bertz CT molecular complexity index is 318. The first-order chi connectivity index (χ1) is 6.66. The molecule has 0 atom stereocenters. The molecule has 0 aliphatic rings. The van der Waals surface area contributed by atoms with E-state index >= 15 is 0 Å². The molecule has 0 fully saturated rings. The van der Waals surface area contributed by atoms with E-state index in [9.17, 15) is 8.78 Å². The van der Waals surface area contributed by atoms with Crippen LogP contribution in [0.5, 0.6) is 0 Å².